The van der Waals surface area contributed by atoms with Crippen LogP contribution >= 0.6 is 0 Å². The zero-order valence-corrected chi connectivity index (χ0v) is 17.3. The van der Waals surface area contributed by atoms with Gasteiger partial charge in [0, 0.05) is 24.7 Å². The predicted molar refractivity (Wildman–Crippen MR) is 109 cm³/mol. The first-order chi connectivity index (χ1) is 13.4. The highest BCUT2D eigenvalue weighted by Gasteiger charge is 2.41. The average molecular weight is 407 g/mol. The first kappa shape index (κ1) is 20.3. The smallest absolute Gasteiger partial charge is 0.270 e. The van der Waals surface area contributed by atoms with Gasteiger partial charge in [-0.1, -0.05) is 6.08 Å². The number of benzene rings is 1. The maximum atomic E-state index is 13.4. The highest BCUT2D eigenvalue weighted by atomic mass is 32.2. The molecule has 0 aromatic heterocycles. The lowest BCUT2D eigenvalue weighted by atomic mass is 10.0. The van der Waals surface area contributed by atoms with Crippen LogP contribution in [0.4, 0.5) is 5.69 Å². The summed E-state index contributed by atoms with van der Waals surface area (Å²) in [7, 11) is -1.02. The molecule has 0 N–H and O–H groups in total. The number of hydrogen-bond donors (Lipinski definition) is 0. The van der Waals surface area contributed by atoms with Crippen LogP contribution in [0, 0.1) is 0 Å². The van der Waals surface area contributed by atoms with E-state index in [2.05, 4.69) is 6.58 Å². The van der Waals surface area contributed by atoms with Gasteiger partial charge in [-0.15, -0.1) is 6.58 Å². The van der Waals surface area contributed by atoms with Crippen molar-refractivity contribution in [1.82, 2.24) is 4.90 Å². The number of allylic oxidation sites excluding steroid dienone is 1. The van der Waals surface area contributed by atoms with E-state index in [4.69, 9.17) is 9.47 Å². The van der Waals surface area contributed by atoms with Gasteiger partial charge in [0.2, 0.25) is 0 Å². The summed E-state index contributed by atoms with van der Waals surface area (Å²) in [5.41, 5.74) is 1.51. The molecule has 0 radical (unpaired) electrons. The van der Waals surface area contributed by atoms with E-state index < -0.39 is 15.9 Å². The SMILES string of the molecule is C=CCN1c2cc(OC)c(OC)cc2C(C)=C(C(=O)N2CCCCC2)S1(=O)=O. The fourth-order valence-corrected chi connectivity index (χ4v) is 5.53. The Morgan fingerprint density at radius 1 is 1.14 bits per heavy atom. The van der Waals surface area contributed by atoms with Crippen LogP contribution in [0.3, 0.4) is 0 Å². The van der Waals surface area contributed by atoms with Crippen LogP contribution in [0.5, 0.6) is 11.5 Å². The average Bonchev–Trinajstić information content (AvgIpc) is 2.70. The van der Waals surface area contributed by atoms with Gasteiger partial charge in [0.25, 0.3) is 15.9 Å². The Hall–Kier alpha value is -2.48. The van der Waals surface area contributed by atoms with E-state index >= 15 is 0 Å². The Bertz CT molecular complexity index is 930. The first-order valence-electron chi connectivity index (χ1n) is 9.27. The molecule has 28 heavy (non-hydrogen) atoms. The van der Waals surface area contributed by atoms with E-state index in [0.717, 1.165) is 19.3 Å². The number of sulfonamides is 1. The molecule has 0 aliphatic carbocycles. The fourth-order valence-electron chi connectivity index (χ4n) is 3.76. The van der Waals surface area contributed by atoms with Crippen LogP contribution in [0.2, 0.25) is 0 Å². The molecule has 1 aromatic rings. The van der Waals surface area contributed by atoms with E-state index in [1.54, 1.807) is 24.0 Å². The lowest BCUT2D eigenvalue weighted by Crippen LogP contribution is -2.44. The van der Waals surface area contributed by atoms with Crippen molar-refractivity contribution in [2.45, 2.75) is 26.2 Å². The van der Waals surface area contributed by atoms with Gasteiger partial charge in [0.15, 0.2) is 16.4 Å². The molecule has 0 unspecified atom stereocenters. The van der Waals surface area contributed by atoms with Gasteiger partial charge in [0.1, 0.15) is 0 Å². The van der Waals surface area contributed by atoms with Gasteiger partial charge in [-0.05, 0) is 37.8 Å². The number of nitrogens with zero attached hydrogens (tertiary/aromatic N) is 2. The Kier molecular flexibility index (Phi) is 5.69. The summed E-state index contributed by atoms with van der Waals surface area (Å²) in [5.74, 6) is 0.457. The topological polar surface area (TPSA) is 76.2 Å². The number of carbonyl (C=O) groups excluding carboxylic acids is 1. The fraction of sp³-hybridized carbons (Fsp3) is 0.450. The number of amides is 1. The van der Waals surface area contributed by atoms with Crippen molar-refractivity contribution >= 4 is 27.2 Å². The molecule has 1 aromatic carbocycles. The van der Waals surface area contributed by atoms with E-state index in [9.17, 15) is 13.2 Å². The van der Waals surface area contributed by atoms with Crippen molar-refractivity contribution in [3.05, 3.63) is 35.3 Å². The Morgan fingerprint density at radius 3 is 2.32 bits per heavy atom. The molecule has 152 valence electrons. The quantitative estimate of drug-likeness (QED) is 0.703. The molecule has 3 rings (SSSR count). The molecular weight excluding hydrogens is 380 g/mol. The number of fused-ring (bicyclic) bond motifs is 1. The molecule has 0 bridgehead atoms. The van der Waals surface area contributed by atoms with Crippen molar-refractivity contribution < 1.29 is 22.7 Å². The third-order valence-corrected chi connectivity index (χ3v) is 7.12. The Balaban J connectivity index is 2.23. The maximum absolute atomic E-state index is 13.4. The number of methoxy groups -OCH3 is 2. The molecule has 2 heterocycles. The highest BCUT2D eigenvalue weighted by molar-refractivity contribution is 7.97. The molecule has 0 spiro atoms. The van der Waals surface area contributed by atoms with E-state index in [1.165, 1.54) is 24.6 Å². The lowest BCUT2D eigenvalue weighted by Gasteiger charge is -2.35. The number of rotatable bonds is 5. The van der Waals surface area contributed by atoms with Crippen molar-refractivity contribution in [2.75, 3.05) is 38.2 Å². The van der Waals surface area contributed by atoms with Gasteiger partial charge in [0.05, 0.1) is 26.5 Å². The van der Waals surface area contributed by atoms with Gasteiger partial charge >= 0.3 is 0 Å². The summed E-state index contributed by atoms with van der Waals surface area (Å²) in [4.78, 5) is 14.7. The largest absolute Gasteiger partial charge is 0.493 e. The molecule has 0 atom stereocenters. The second-order valence-corrected chi connectivity index (χ2v) is 8.66. The number of ether oxygens (including phenoxy) is 2. The monoisotopic (exact) mass is 406 g/mol. The molecule has 2 aliphatic rings. The lowest BCUT2D eigenvalue weighted by molar-refractivity contribution is -0.127. The molecule has 1 fully saturated rings. The summed E-state index contributed by atoms with van der Waals surface area (Å²) in [6.07, 6.45) is 4.32. The molecule has 1 amide bonds. The number of hydrogen-bond acceptors (Lipinski definition) is 5. The second-order valence-electron chi connectivity index (χ2n) is 6.86. The number of carbonyl (C=O) groups is 1. The van der Waals surface area contributed by atoms with E-state index in [1.807, 2.05) is 0 Å². The van der Waals surface area contributed by atoms with Crippen LogP contribution in [-0.2, 0) is 14.8 Å². The number of piperidine rings is 1. The van der Waals surface area contributed by atoms with Gasteiger partial charge in [-0.2, -0.15) is 0 Å². The molecule has 2 aliphatic heterocycles. The van der Waals surface area contributed by atoms with Crippen LogP contribution in [-0.4, -0.2) is 53.1 Å². The number of likely N-dealkylation sites (tertiary alicyclic amines) is 1. The van der Waals surface area contributed by atoms with Crippen LogP contribution in [0.15, 0.2) is 29.7 Å². The summed E-state index contributed by atoms with van der Waals surface area (Å²) in [6, 6.07) is 3.35. The summed E-state index contributed by atoms with van der Waals surface area (Å²) < 4.78 is 38.8. The van der Waals surface area contributed by atoms with E-state index in [-0.39, 0.29) is 11.4 Å². The summed E-state index contributed by atoms with van der Waals surface area (Å²) >= 11 is 0. The third-order valence-electron chi connectivity index (χ3n) is 5.20. The Labute approximate surface area is 166 Å². The zero-order valence-electron chi connectivity index (χ0n) is 16.5. The molecule has 0 saturated carbocycles. The minimum absolute atomic E-state index is 0.0505. The second kappa shape index (κ2) is 7.87. The zero-order chi connectivity index (χ0) is 20.5. The molecule has 7 nitrogen and oxygen atoms in total. The van der Waals surface area contributed by atoms with Gasteiger partial charge in [-0.25, -0.2) is 8.42 Å². The summed E-state index contributed by atoms with van der Waals surface area (Å²) in [6.45, 7) is 6.55. The predicted octanol–water partition coefficient (Wildman–Crippen LogP) is 2.78. The highest BCUT2D eigenvalue weighted by Crippen LogP contribution is 2.45. The Morgan fingerprint density at radius 2 is 1.75 bits per heavy atom. The minimum Gasteiger partial charge on any atom is -0.493 e. The van der Waals surface area contributed by atoms with Crippen molar-refractivity contribution in [2.24, 2.45) is 0 Å². The van der Waals surface area contributed by atoms with Crippen molar-refractivity contribution in [3.8, 4) is 11.5 Å². The minimum atomic E-state index is -4.03. The first-order valence-corrected chi connectivity index (χ1v) is 10.7. The maximum Gasteiger partial charge on any atom is 0.270 e. The standard InChI is InChI=1S/C20H26N2O5S/c1-5-9-22-16-13-18(27-4)17(26-3)12-15(16)14(2)19(28(22,24)25)20(23)21-10-7-6-8-11-21/h5,12-13H,1,6-11H2,2-4H3. The van der Waals surface area contributed by atoms with E-state index in [0.29, 0.717) is 41.4 Å². The number of anilines is 1. The van der Waals surface area contributed by atoms with Crippen LogP contribution in [0.1, 0.15) is 31.7 Å². The molecule has 1 saturated heterocycles. The molecular formula is C20H26N2O5S. The normalized spacial score (nSPS) is 18.5. The van der Waals surface area contributed by atoms with Crippen LogP contribution in [0.25, 0.3) is 5.57 Å². The van der Waals surface area contributed by atoms with Crippen molar-refractivity contribution in [3.63, 3.8) is 0 Å². The summed E-state index contributed by atoms with van der Waals surface area (Å²) in [5, 5.41) is 0. The molecule has 8 heteroatoms. The van der Waals surface area contributed by atoms with Crippen LogP contribution < -0.4 is 13.8 Å². The van der Waals surface area contributed by atoms with Gasteiger partial charge < -0.3 is 14.4 Å². The van der Waals surface area contributed by atoms with Crippen molar-refractivity contribution in [1.29, 1.82) is 0 Å². The third kappa shape index (κ3) is 3.26. The van der Waals surface area contributed by atoms with Gasteiger partial charge in [-0.3, -0.25) is 9.10 Å².